The van der Waals surface area contributed by atoms with Gasteiger partial charge >= 0.3 is 0 Å². The molecule has 0 saturated heterocycles. The van der Waals surface area contributed by atoms with Gasteiger partial charge in [-0.3, -0.25) is 4.90 Å². The molecule has 4 aromatic carbocycles. The van der Waals surface area contributed by atoms with Crippen LogP contribution in [0.25, 0.3) is 0 Å². The molecule has 0 spiro atoms. The minimum Gasteiger partial charge on any atom is -0.396 e. The zero-order chi connectivity index (χ0) is 32.3. The fraction of sp³-hybridized carbons (Fsp3) is 0.415. The fourth-order valence-corrected chi connectivity index (χ4v) is 7.19. The third kappa shape index (κ3) is 9.31. The Morgan fingerprint density at radius 1 is 0.489 bits per heavy atom. The summed E-state index contributed by atoms with van der Waals surface area (Å²) in [6, 6.07) is 35.7. The van der Waals surface area contributed by atoms with E-state index >= 15 is 0 Å². The van der Waals surface area contributed by atoms with Crippen LogP contribution in [0.3, 0.4) is 0 Å². The molecule has 2 N–H and O–H groups in total. The summed E-state index contributed by atoms with van der Waals surface area (Å²) in [7, 11) is 0. The largest absolute Gasteiger partial charge is 0.396 e. The van der Waals surface area contributed by atoms with Crippen molar-refractivity contribution < 1.29 is 10.2 Å². The second-order valence-electron chi connectivity index (χ2n) is 13.3. The average molecular weight is 633 g/mol. The van der Waals surface area contributed by atoms with Crippen LogP contribution in [0.4, 0.5) is 11.4 Å². The molecule has 2 aliphatic rings. The lowest BCUT2D eigenvalue weighted by Crippen LogP contribution is -2.43. The number of aliphatic hydroxyl groups is 2. The molecule has 0 saturated carbocycles. The molecule has 2 bridgehead atoms. The van der Waals surface area contributed by atoms with Gasteiger partial charge in [0.15, 0.2) is 0 Å². The lowest BCUT2D eigenvalue weighted by atomic mass is 9.97. The highest BCUT2D eigenvalue weighted by atomic mass is 16.3. The zero-order valence-electron chi connectivity index (χ0n) is 27.9. The summed E-state index contributed by atoms with van der Waals surface area (Å²) in [5.41, 5.74) is 11.1. The minimum absolute atomic E-state index is 0.243. The van der Waals surface area contributed by atoms with Gasteiger partial charge in [0.1, 0.15) is 0 Å². The van der Waals surface area contributed by atoms with Crippen LogP contribution in [0.15, 0.2) is 97.1 Å². The van der Waals surface area contributed by atoms with Crippen LogP contribution in [0.5, 0.6) is 0 Å². The number of hydrogen-bond acceptors (Lipinski definition) is 6. The van der Waals surface area contributed by atoms with Crippen LogP contribution in [0.2, 0.25) is 0 Å². The van der Waals surface area contributed by atoms with E-state index in [2.05, 4.69) is 117 Å². The van der Waals surface area contributed by atoms with E-state index in [-0.39, 0.29) is 13.2 Å². The molecule has 6 rings (SSSR count). The van der Waals surface area contributed by atoms with Crippen molar-refractivity contribution in [3.8, 4) is 0 Å². The number of rotatable bonds is 18. The standard InChI is InChI=1S/C41H52N4O2/c46-27-7-21-42(23-17-34-9-3-1-4-10-34)25-19-36-13-15-40-38(29-36)31-44-32-39-30-37(14-16-41(39)45(40)33-44)20-26-43(22-8-28-47)24-18-35-11-5-2-6-12-35/h1-6,9-16,29-30,46-47H,7-8,17-28,31-33H2. The van der Waals surface area contributed by atoms with Crippen LogP contribution in [-0.4, -0.2) is 84.1 Å². The Kier molecular flexibility index (Phi) is 12.1. The molecule has 0 fully saturated rings. The summed E-state index contributed by atoms with van der Waals surface area (Å²) >= 11 is 0. The van der Waals surface area contributed by atoms with E-state index in [0.717, 1.165) is 97.6 Å². The average Bonchev–Trinajstić information content (AvgIpc) is 3.11. The number of nitrogens with zero attached hydrogens (tertiary/aromatic N) is 4. The van der Waals surface area contributed by atoms with Crippen molar-refractivity contribution in [2.24, 2.45) is 0 Å². The van der Waals surface area contributed by atoms with Gasteiger partial charge < -0.3 is 24.9 Å². The summed E-state index contributed by atoms with van der Waals surface area (Å²) in [5.74, 6) is 0. The SMILES string of the molecule is OCCCN(CCc1ccccc1)CCc1ccc2c(c1)CN1Cc3cc(CCN(CCCO)CCc4ccccc4)ccc3N2C1. The molecular formula is C41H52N4O2. The molecule has 6 heteroatoms. The normalized spacial score (nSPS) is 14.1. The number of anilines is 2. The second kappa shape index (κ2) is 17.0. The third-order valence-electron chi connectivity index (χ3n) is 9.82. The van der Waals surface area contributed by atoms with Crippen molar-refractivity contribution in [2.45, 2.75) is 51.6 Å². The molecular weight excluding hydrogens is 580 g/mol. The first kappa shape index (κ1) is 33.4. The minimum atomic E-state index is 0.243. The molecule has 2 aliphatic heterocycles. The summed E-state index contributed by atoms with van der Waals surface area (Å²) in [6.07, 6.45) is 5.76. The van der Waals surface area contributed by atoms with E-state index < -0.39 is 0 Å². The highest BCUT2D eigenvalue weighted by Crippen LogP contribution is 2.40. The molecule has 6 nitrogen and oxygen atoms in total. The van der Waals surface area contributed by atoms with E-state index in [4.69, 9.17) is 0 Å². The van der Waals surface area contributed by atoms with Gasteiger partial charge in [-0.1, -0.05) is 84.9 Å². The van der Waals surface area contributed by atoms with E-state index in [9.17, 15) is 10.2 Å². The quantitative estimate of drug-likeness (QED) is 0.139. The molecule has 0 radical (unpaired) electrons. The van der Waals surface area contributed by atoms with Gasteiger partial charge in [0.2, 0.25) is 0 Å². The Morgan fingerprint density at radius 3 is 1.34 bits per heavy atom. The molecule has 0 aromatic heterocycles. The van der Waals surface area contributed by atoms with Crippen LogP contribution in [0, 0.1) is 0 Å². The van der Waals surface area contributed by atoms with E-state index in [1.54, 1.807) is 0 Å². The molecule has 0 atom stereocenters. The lowest BCUT2D eigenvalue weighted by molar-refractivity contribution is 0.226. The summed E-state index contributed by atoms with van der Waals surface area (Å²) in [4.78, 5) is 10.1. The van der Waals surface area contributed by atoms with Gasteiger partial charge in [0.05, 0.1) is 6.67 Å². The molecule has 0 aliphatic carbocycles. The molecule has 2 heterocycles. The summed E-state index contributed by atoms with van der Waals surface area (Å²) in [5, 5.41) is 18.9. The topological polar surface area (TPSA) is 53.4 Å². The van der Waals surface area contributed by atoms with Gasteiger partial charge in [-0.25, -0.2) is 0 Å². The van der Waals surface area contributed by atoms with Crippen molar-refractivity contribution in [3.05, 3.63) is 130 Å². The predicted octanol–water partition coefficient (Wildman–Crippen LogP) is 6.05. The van der Waals surface area contributed by atoms with E-state index in [1.807, 2.05) is 0 Å². The third-order valence-corrected chi connectivity index (χ3v) is 9.82. The van der Waals surface area contributed by atoms with Crippen molar-refractivity contribution in [1.82, 2.24) is 14.7 Å². The number of aliphatic hydroxyl groups excluding tert-OH is 2. The number of fused-ring (bicyclic) bond motifs is 6. The van der Waals surface area contributed by atoms with Crippen molar-refractivity contribution in [2.75, 3.05) is 64.1 Å². The molecule has 0 amide bonds. The monoisotopic (exact) mass is 632 g/mol. The first-order valence-electron chi connectivity index (χ1n) is 17.7. The first-order valence-corrected chi connectivity index (χ1v) is 17.7. The summed E-state index contributed by atoms with van der Waals surface area (Å²) in [6.45, 7) is 9.32. The van der Waals surface area contributed by atoms with Gasteiger partial charge in [0, 0.05) is 76.9 Å². The van der Waals surface area contributed by atoms with Crippen molar-refractivity contribution in [1.29, 1.82) is 0 Å². The zero-order valence-corrected chi connectivity index (χ0v) is 27.9. The van der Waals surface area contributed by atoms with Gasteiger partial charge in [-0.15, -0.1) is 0 Å². The highest BCUT2D eigenvalue weighted by molar-refractivity contribution is 5.72. The Hall–Kier alpha value is -3.52. The molecule has 0 unspecified atom stereocenters. The van der Waals surface area contributed by atoms with Gasteiger partial charge in [0.25, 0.3) is 0 Å². The van der Waals surface area contributed by atoms with Gasteiger partial charge in [-0.05, 0) is 84.0 Å². The van der Waals surface area contributed by atoms with Crippen molar-refractivity contribution >= 4 is 11.4 Å². The Balaban J connectivity index is 1.07. The lowest BCUT2D eigenvalue weighted by Gasteiger charge is -2.44. The van der Waals surface area contributed by atoms with Crippen LogP contribution in [0.1, 0.15) is 46.2 Å². The highest BCUT2D eigenvalue weighted by Gasteiger charge is 2.30. The molecule has 47 heavy (non-hydrogen) atoms. The van der Waals surface area contributed by atoms with Crippen molar-refractivity contribution in [3.63, 3.8) is 0 Å². The second-order valence-corrected chi connectivity index (χ2v) is 13.3. The van der Waals surface area contributed by atoms with Crippen LogP contribution < -0.4 is 4.90 Å². The van der Waals surface area contributed by atoms with Crippen LogP contribution >= 0.6 is 0 Å². The number of hydrogen-bond donors (Lipinski definition) is 2. The van der Waals surface area contributed by atoms with E-state index in [1.165, 1.54) is 44.8 Å². The Labute approximate surface area is 281 Å². The van der Waals surface area contributed by atoms with E-state index in [0.29, 0.717) is 0 Å². The smallest absolute Gasteiger partial charge is 0.0762 e. The first-order chi connectivity index (χ1) is 23.2. The Morgan fingerprint density at radius 2 is 0.915 bits per heavy atom. The number of benzene rings is 4. The molecule has 248 valence electrons. The van der Waals surface area contributed by atoms with Gasteiger partial charge in [-0.2, -0.15) is 0 Å². The Bertz CT molecular complexity index is 1420. The summed E-state index contributed by atoms with van der Waals surface area (Å²) < 4.78 is 0. The maximum absolute atomic E-state index is 9.47. The molecule has 4 aromatic rings. The maximum atomic E-state index is 9.47. The van der Waals surface area contributed by atoms with Crippen LogP contribution in [-0.2, 0) is 38.8 Å². The fourth-order valence-electron chi connectivity index (χ4n) is 7.19. The predicted molar refractivity (Wildman–Crippen MR) is 193 cm³/mol. The maximum Gasteiger partial charge on any atom is 0.0762 e.